The number of rotatable bonds is 5. The molecule has 2 rings (SSSR count). The van der Waals surface area contributed by atoms with E-state index in [2.05, 4.69) is 5.10 Å². The van der Waals surface area contributed by atoms with Crippen molar-refractivity contribution in [2.45, 2.75) is 31.6 Å². The third-order valence-electron chi connectivity index (χ3n) is 2.84. The van der Waals surface area contributed by atoms with Crippen LogP contribution in [0.25, 0.3) is 0 Å². The van der Waals surface area contributed by atoms with Gasteiger partial charge in [0, 0.05) is 12.2 Å². The molecule has 1 aliphatic rings. The number of carbonyl (C=O) groups is 2. The summed E-state index contributed by atoms with van der Waals surface area (Å²) in [6.07, 6.45) is -2.09. The predicted octanol–water partition coefficient (Wildman–Crippen LogP) is 0.978. The molecule has 0 unspecified atom stereocenters. The van der Waals surface area contributed by atoms with E-state index in [1.165, 1.54) is 0 Å². The van der Waals surface area contributed by atoms with Crippen molar-refractivity contribution in [1.82, 2.24) is 14.7 Å². The normalized spacial score (nSPS) is 15.2. The molecule has 6 nitrogen and oxygen atoms in total. The summed E-state index contributed by atoms with van der Waals surface area (Å²) >= 11 is 0. The maximum absolute atomic E-state index is 12.4. The average Bonchev–Trinajstić information content (AvgIpc) is 3.04. The standard InChI is InChI=1S/C11H12F3N3O3/c12-11(13,14)8-3-4-16(15-8)5-9(18)17(6-10(19)20)7-1-2-7/h3-4,7H,1-2,5-6H2,(H,19,20). The van der Waals surface area contributed by atoms with E-state index in [9.17, 15) is 22.8 Å². The molecule has 1 N–H and O–H groups in total. The van der Waals surface area contributed by atoms with E-state index in [4.69, 9.17) is 5.11 Å². The number of nitrogens with zero attached hydrogens (tertiary/aromatic N) is 3. The Bertz CT molecular complexity index is 522. The van der Waals surface area contributed by atoms with Gasteiger partial charge < -0.3 is 10.0 Å². The van der Waals surface area contributed by atoms with Gasteiger partial charge in [-0.15, -0.1) is 0 Å². The van der Waals surface area contributed by atoms with E-state index in [1.807, 2.05) is 0 Å². The molecule has 1 amide bonds. The fraction of sp³-hybridized carbons (Fsp3) is 0.545. The predicted molar refractivity (Wildman–Crippen MR) is 59.6 cm³/mol. The fourth-order valence-corrected chi connectivity index (χ4v) is 1.78. The molecule has 110 valence electrons. The molecule has 9 heteroatoms. The summed E-state index contributed by atoms with van der Waals surface area (Å²) in [4.78, 5) is 23.7. The maximum Gasteiger partial charge on any atom is 0.435 e. The smallest absolute Gasteiger partial charge is 0.435 e. The van der Waals surface area contributed by atoms with E-state index in [1.54, 1.807) is 0 Å². The Labute approximate surface area is 111 Å². The van der Waals surface area contributed by atoms with Crippen LogP contribution in [0.3, 0.4) is 0 Å². The molecule has 0 radical (unpaired) electrons. The number of carbonyl (C=O) groups excluding carboxylic acids is 1. The van der Waals surface area contributed by atoms with Crippen molar-refractivity contribution < 1.29 is 27.9 Å². The molecular weight excluding hydrogens is 279 g/mol. The van der Waals surface area contributed by atoms with Crippen molar-refractivity contribution in [3.05, 3.63) is 18.0 Å². The van der Waals surface area contributed by atoms with Crippen LogP contribution in [0.1, 0.15) is 18.5 Å². The minimum atomic E-state index is -4.56. The van der Waals surface area contributed by atoms with Gasteiger partial charge >= 0.3 is 12.1 Å². The molecule has 1 aliphatic carbocycles. The molecule has 0 atom stereocenters. The summed E-state index contributed by atoms with van der Waals surface area (Å²) < 4.78 is 37.9. The van der Waals surface area contributed by atoms with Gasteiger partial charge in [-0.1, -0.05) is 0 Å². The van der Waals surface area contributed by atoms with E-state index < -0.39 is 36.8 Å². The van der Waals surface area contributed by atoms with Gasteiger partial charge in [0.25, 0.3) is 0 Å². The second-order valence-electron chi connectivity index (χ2n) is 4.54. The largest absolute Gasteiger partial charge is 0.480 e. The van der Waals surface area contributed by atoms with Crippen molar-refractivity contribution in [2.75, 3.05) is 6.54 Å². The van der Waals surface area contributed by atoms with Gasteiger partial charge in [-0.25, -0.2) is 0 Å². The minimum Gasteiger partial charge on any atom is -0.480 e. The highest BCUT2D eigenvalue weighted by Gasteiger charge is 2.35. The maximum atomic E-state index is 12.4. The van der Waals surface area contributed by atoms with Crippen LogP contribution in [0, 0.1) is 0 Å². The van der Waals surface area contributed by atoms with Gasteiger partial charge in [0.15, 0.2) is 5.69 Å². The lowest BCUT2D eigenvalue weighted by atomic mass is 10.4. The van der Waals surface area contributed by atoms with Gasteiger partial charge in [-0.3, -0.25) is 14.3 Å². The molecule has 20 heavy (non-hydrogen) atoms. The van der Waals surface area contributed by atoms with E-state index in [0.717, 1.165) is 21.8 Å². The molecule has 1 aromatic heterocycles. The summed E-state index contributed by atoms with van der Waals surface area (Å²) in [5.41, 5.74) is -1.08. The van der Waals surface area contributed by atoms with Gasteiger partial charge in [0.2, 0.25) is 5.91 Å². The molecule has 1 heterocycles. The minimum absolute atomic E-state index is 0.128. The first kappa shape index (κ1) is 14.4. The Morgan fingerprint density at radius 3 is 2.55 bits per heavy atom. The SMILES string of the molecule is O=C(O)CN(C(=O)Cn1ccc(C(F)(F)F)n1)C1CC1. The lowest BCUT2D eigenvalue weighted by Crippen LogP contribution is -2.39. The highest BCUT2D eigenvalue weighted by Crippen LogP contribution is 2.28. The number of amides is 1. The molecule has 0 aliphatic heterocycles. The quantitative estimate of drug-likeness (QED) is 0.877. The Balaban J connectivity index is 2.02. The van der Waals surface area contributed by atoms with Crippen LogP contribution in [0.5, 0.6) is 0 Å². The third-order valence-corrected chi connectivity index (χ3v) is 2.84. The summed E-state index contributed by atoms with van der Waals surface area (Å²) in [7, 11) is 0. The number of carboxylic acids is 1. The van der Waals surface area contributed by atoms with Crippen LogP contribution in [-0.2, 0) is 22.3 Å². The van der Waals surface area contributed by atoms with Gasteiger partial charge in [0.1, 0.15) is 13.1 Å². The van der Waals surface area contributed by atoms with Crippen LogP contribution in [-0.4, -0.2) is 44.3 Å². The number of aromatic nitrogens is 2. The lowest BCUT2D eigenvalue weighted by Gasteiger charge is -2.20. The number of hydrogen-bond donors (Lipinski definition) is 1. The Hall–Kier alpha value is -2.06. The topological polar surface area (TPSA) is 75.4 Å². The molecule has 0 bridgehead atoms. The van der Waals surface area contributed by atoms with Crippen molar-refractivity contribution in [2.24, 2.45) is 0 Å². The molecule has 1 fully saturated rings. The molecule has 1 aromatic rings. The van der Waals surface area contributed by atoms with Crippen LogP contribution in [0.15, 0.2) is 12.3 Å². The summed E-state index contributed by atoms with van der Waals surface area (Å²) in [6.45, 7) is -0.850. The van der Waals surface area contributed by atoms with Gasteiger partial charge in [-0.05, 0) is 18.9 Å². The molecular formula is C11H12F3N3O3. The van der Waals surface area contributed by atoms with Crippen LogP contribution >= 0.6 is 0 Å². The number of carboxylic acid groups (broad SMARTS) is 1. The van der Waals surface area contributed by atoms with E-state index in [-0.39, 0.29) is 6.04 Å². The van der Waals surface area contributed by atoms with Crippen molar-refractivity contribution in [3.63, 3.8) is 0 Å². The second-order valence-corrected chi connectivity index (χ2v) is 4.54. The first-order valence-electron chi connectivity index (χ1n) is 5.89. The molecule has 1 saturated carbocycles. The number of halogens is 3. The Kier molecular flexibility index (Phi) is 3.69. The van der Waals surface area contributed by atoms with Crippen LogP contribution in [0.2, 0.25) is 0 Å². The van der Waals surface area contributed by atoms with E-state index >= 15 is 0 Å². The monoisotopic (exact) mass is 291 g/mol. The Morgan fingerprint density at radius 1 is 1.45 bits per heavy atom. The van der Waals surface area contributed by atoms with E-state index in [0.29, 0.717) is 12.8 Å². The first-order valence-corrected chi connectivity index (χ1v) is 5.89. The average molecular weight is 291 g/mol. The summed E-state index contributed by atoms with van der Waals surface area (Å²) in [5.74, 6) is -1.70. The van der Waals surface area contributed by atoms with Crippen molar-refractivity contribution >= 4 is 11.9 Å². The van der Waals surface area contributed by atoms with Crippen molar-refractivity contribution in [1.29, 1.82) is 0 Å². The first-order chi connectivity index (χ1) is 9.27. The zero-order valence-electron chi connectivity index (χ0n) is 10.3. The zero-order valence-corrected chi connectivity index (χ0v) is 10.3. The number of hydrogen-bond acceptors (Lipinski definition) is 3. The Morgan fingerprint density at radius 2 is 2.10 bits per heavy atom. The fourth-order valence-electron chi connectivity index (χ4n) is 1.78. The number of aliphatic carboxylic acids is 1. The number of alkyl halides is 3. The summed E-state index contributed by atoms with van der Waals surface area (Å²) in [6, 6.07) is 0.641. The lowest BCUT2D eigenvalue weighted by molar-refractivity contribution is -0.145. The summed E-state index contributed by atoms with van der Waals surface area (Å²) in [5, 5.41) is 12.0. The van der Waals surface area contributed by atoms with Crippen LogP contribution in [0.4, 0.5) is 13.2 Å². The molecule has 0 aromatic carbocycles. The zero-order chi connectivity index (χ0) is 14.9. The highest BCUT2D eigenvalue weighted by molar-refractivity contribution is 5.81. The van der Waals surface area contributed by atoms with Gasteiger partial charge in [0.05, 0.1) is 0 Å². The third kappa shape index (κ3) is 3.49. The highest BCUT2D eigenvalue weighted by atomic mass is 19.4. The van der Waals surface area contributed by atoms with Crippen molar-refractivity contribution in [3.8, 4) is 0 Å². The van der Waals surface area contributed by atoms with Gasteiger partial charge in [-0.2, -0.15) is 18.3 Å². The molecule has 0 spiro atoms. The second kappa shape index (κ2) is 5.14. The molecule has 0 saturated heterocycles. The van der Waals surface area contributed by atoms with Crippen LogP contribution < -0.4 is 0 Å².